The summed E-state index contributed by atoms with van der Waals surface area (Å²) < 4.78 is 11.4. The predicted octanol–water partition coefficient (Wildman–Crippen LogP) is 14.6. The summed E-state index contributed by atoms with van der Waals surface area (Å²) in [6.07, 6.45) is 0. The molecule has 4 aromatic heterocycles. The van der Waals surface area contributed by atoms with Gasteiger partial charge in [0, 0.05) is 49.2 Å². The van der Waals surface area contributed by atoms with Crippen LogP contribution in [0.1, 0.15) is 0 Å². The molecule has 0 aliphatic heterocycles. The molecule has 0 fully saturated rings. The van der Waals surface area contributed by atoms with E-state index in [9.17, 15) is 0 Å². The molecule has 0 spiro atoms. The van der Waals surface area contributed by atoms with Gasteiger partial charge >= 0.3 is 0 Å². The molecule has 63 heavy (non-hydrogen) atoms. The van der Waals surface area contributed by atoms with Crippen LogP contribution in [-0.4, -0.2) is 24.1 Å². The second-order valence-electron chi connectivity index (χ2n) is 15.9. The van der Waals surface area contributed by atoms with E-state index in [-0.39, 0.29) is 0 Å². The van der Waals surface area contributed by atoms with E-state index in [2.05, 4.69) is 173 Å². The average molecular weight is 806 g/mol. The molecule has 0 bridgehead atoms. The van der Waals surface area contributed by atoms with Crippen LogP contribution in [0.3, 0.4) is 0 Å². The standard InChI is InChI=1S/C57H35N5O/c1-3-17-36(18-4-1)55-58-56(37-19-5-2-6-20-37)60-57(59-55)45-35-38(39-21-7-12-26-46(39)61-47-27-13-8-22-40(47)41-23-9-14-28-48(41)61)31-33-50(45)62-49-29-15-10-25-44(49)53-51(62)34-32-43-42-24-11-16-30-52(42)63-54(43)53/h1-35H. The van der Waals surface area contributed by atoms with Crippen molar-refractivity contribution < 1.29 is 4.42 Å². The number of furan rings is 1. The van der Waals surface area contributed by atoms with Crippen LogP contribution in [0.25, 0.3) is 122 Å². The van der Waals surface area contributed by atoms with Crippen molar-refractivity contribution in [1.82, 2.24) is 24.1 Å². The Morgan fingerprint density at radius 1 is 0.317 bits per heavy atom. The number of benzene rings is 9. The topological polar surface area (TPSA) is 61.7 Å². The van der Waals surface area contributed by atoms with E-state index < -0.39 is 0 Å². The van der Waals surface area contributed by atoms with Gasteiger partial charge in [0.1, 0.15) is 11.2 Å². The number of aromatic nitrogens is 5. The first kappa shape index (κ1) is 35.2. The number of rotatable bonds is 6. The summed E-state index contributed by atoms with van der Waals surface area (Å²) in [4.78, 5) is 15.8. The molecule has 0 aliphatic rings. The normalized spacial score (nSPS) is 11.8. The van der Waals surface area contributed by atoms with Crippen molar-refractivity contribution in [2.75, 3.05) is 0 Å². The summed E-state index contributed by atoms with van der Waals surface area (Å²) in [6, 6.07) is 74.4. The molecule has 0 saturated heterocycles. The lowest BCUT2D eigenvalue weighted by atomic mass is 9.99. The lowest BCUT2D eigenvalue weighted by Gasteiger charge is -2.18. The molecule has 0 saturated carbocycles. The van der Waals surface area contributed by atoms with Crippen LogP contribution >= 0.6 is 0 Å². The molecule has 0 unspecified atom stereocenters. The van der Waals surface area contributed by atoms with Gasteiger partial charge in [-0.2, -0.15) is 0 Å². The Kier molecular flexibility index (Phi) is 7.80. The Balaban J connectivity index is 1.12. The first-order valence-electron chi connectivity index (χ1n) is 21.2. The van der Waals surface area contributed by atoms with Gasteiger partial charge in [-0.05, 0) is 60.2 Å². The lowest BCUT2D eigenvalue weighted by Crippen LogP contribution is -2.04. The summed E-state index contributed by atoms with van der Waals surface area (Å²) >= 11 is 0. The van der Waals surface area contributed by atoms with Gasteiger partial charge < -0.3 is 13.6 Å². The molecule has 0 aliphatic carbocycles. The van der Waals surface area contributed by atoms with Crippen LogP contribution in [0.5, 0.6) is 0 Å². The SMILES string of the molecule is c1ccc(-c2nc(-c3ccccc3)nc(-c3cc(-c4ccccc4-n4c5ccccc5c5ccccc54)ccc3-n3c4ccccc4c4c5oc6ccccc6c5ccc43)n2)cc1. The van der Waals surface area contributed by atoms with Gasteiger partial charge in [0.15, 0.2) is 17.5 Å². The smallest absolute Gasteiger partial charge is 0.166 e. The van der Waals surface area contributed by atoms with Crippen molar-refractivity contribution in [2.24, 2.45) is 0 Å². The van der Waals surface area contributed by atoms with E-state index in [0.717, 1.165) is 94.0 Å². The highest BCUT2D eigenvalue weighted by Crippen LogP contribution is 2.44. The zero-order valence-electron chi connectivity index (χ0n) is 33.9. The quantitative estimate of drug-likeness (QED) is 0.168. The van der Waals surface area contributed by atoms with Crippen LogP contribution in [0.15, 0.2) is 217 Å². The van der Waals surface area contributed by atoms with E-state index in [1.54, 1.807) is 0 Å². The number of nitrogens with zero attached hydrogens (tertiary/aromatic N) is 5. The highest BCUT2D eigenvalue weighted by molar-refractivity contribution is 6.24. The Morgan fingerprint density at radius 3 is 1.51 bits per heavy atom. The van der Waals surface area contributed by atoms with Crippen LogP contribution in [0.4, 0.5) is 0 Å². The third kappa shape index (κ3) is 5.48. The van der Waals surface area contributed by atoms with Crippen molar-refractivity contribution >= 4 is 65.6 Å². The minimum absolute atomic E-state index is 0.574. The highest BCUT2D eigenvalue weighted by atomic mass is 16.3. The van der Waals surface area contributed by atoms with E-state index in [1.165, 1.54) is 10.8 Å². The number of para-hydroxylation sites is 5. The molecule has 0 radical (unpaired) electrons. The minimum Gasteiger partial charge on any atom is -0.455 e. The van der Waals surface area contributed by atoms with Gasteiger partial charge in [-0.1, -0.05) is 158 Å². The van der Waals surface area contributed by atoms with E-state index >= 15 is 0 Å². The molecule has 6 nitrogen and oxygen atoms in total. The molecular formula is C57H35N5O. The van der Waals surface area contributed by atoms with Crippen LogP contribution in [0.2, 0.25) is 0 Å². The monoisotopic (exact) mass is 805 g/mol. The molecule has 13 rings (SSSR count). The summed E-state index contributed by atoms with van der Waals surface area (Å²) in [5, 5.41) is 6.80. The molecule has 0 amide bonds. The van der Waals surface area contributed by atoms with Crippen LogP contribution in [-0.2, 0) is 0 Å². The van der Waals surface area contributed by atoms with Crippen LogP contribution in [0, 0.1) is 0 Å². The lowest BCUT2D eigenvalue weighted by molar-refractivity contribution is 0.673. The highest BCUT2D eigenvalue weighted by Gasteiger charge is 2.24. The maximum Gasteiger partial charge on any atom is 0.166 e. The molecule has 4 heterocycles. The fourth-order valence-electron chi connectivity index (χ4n) is 9.60. The largest absolute Gasteiger partial charge is 0.455 e. The summed E-state index contributed by atoms with van der Waals surface area (Å²) in [7, 11) is 0. The maximum atomic E-state index is 6.71. The molecule has 0 atom stereocenters. The molecule has 9 aromatic carbocycles. The van der Waals surface area contributed by atoms with Gasteiger partial charge in [-0.3, -0.25) is 0 Å². The van der Waals surface area contributed by atoms with Crippen molar-refractivity contribution in [3.05, 3.63) is 212 Å². The fourth-order valence-corrected chi connectivity index (χ4v) is 9.60. The summed E-state index contributed by atoms with van der Waals surface area (Å²) in [5.74, 6) is 1.78. The first-order valence-corrected chi connectivity index (χ1v) is 21.2. The first-order chi connectivity index (χ1) is 31.3. The zero-order chi connectivity index (χ0) is 41.4. The van der Waals surface area contributed by atoms with Crippen molar-refractivity contribution in [1.29, 1.82) is 0 Å². The molecule has 6 heteroatoms. The Bertz CT molecular complexity index is 3810. The summed E-state index contributed by atoms with van der Waals surface area (Å²) in [6.45, 7) is 0. The van der Waals surface area contributed by atoms with Gasteiger partial charge in [0.2, 0.25) is 0 Å². The molecule has 294 valence electrons. The van der Waals surface area contributed by atoms with Crippen LogP contribution < -0.4 is 0 Å². The number of hydrogen-bond acceptors (Lipinski definition) is 4. The van der Waals surface area contributed by atoms with Gasteiger partial charge in [0.05, 0.1) is 38.8 Å². The minimum atomic E-state index is 0.574. The predicted molar refractivity (Wildman–Crippen MR) is 258 cm³/mol. The number of hydrogen-bond donors (Lipinski definition) is 0. The average Bonchev–Trinajstić information content (AvgIpc) is 4.02. The molecule has 13 aromatic rings. The molecule has 0 N–H and O–H groups in total. The van der Waals surface area contributed by atoms with E-state index in [1.807, 2.05) is 48.5 Å². The van der Waals surface area contributed by atoms with Gasteiger partial charge in [0.25, 0.3) is 0 Å². The van der Waals surface area contributed by atoms with E-state index in [4.69, 9.17) is 19.4 Å². The van der Waals surface area contributed by atoms with Gasteiger partial charge in [-0.25, -0.2) is 15.0 Å². The third-order valence-electron chi connectivity index (χ3n) is 12.4. The van der Waals surface area contributed by atoms with Gasteiger partial charge in [-0.15, -0.1) is 0 Å². The van der Waals surface area contributed by atoms with E-state index in [0.29, 0.717) is 17.5 Å². The Hall–Kier alpha value is -8.61. The number of fused-ring (bicyclic) bond motifs is 10. The Labute approximate surface area is 361 Å². The summed E-state index contributed by atoms with van der Waals surface area (Å²) in [5.41, 5.74) is 13.0. The Morgan fingerprint density at radius 2 is 0.825 bits per heavy atom. The fraction of sp³-hybridized carbons (Fsp3) is 0. The maximum absolute atomic E-state index is 6.71. The molecular weight excluding hydrogens is 771 g/mol. The van der Waals surface area contributed by atoms with Crippen molar-refractivity contribution in [2.45, 2.75) is 0 Å². The zero-order valence-corrected chi connectivity index (χ0v) is 33.9. The van der Waals surface area contributed by atoms with Crippen molar-refractivity contribution in [3.63, 3.8) is 0 Å². The second kappa shape index (κ2) is 14.0. The third-order valence-corrected chi connectivity index (χ3v) is 12.4. The van der Waals surface area contributed by atoms with Crippen molar-refractivity contribution in [3.8, 4) is 56.7 Å². The second-order valence-corrected chi connectivity index (χ2v) is 15.9.